The van der Waals surface area contributed by atoms with Gasteiger partial charge in [-0.1, -0.05) is 45.0 Å². The number of rotatable bonds is 7. The molecule has 0 atom stereocenters. The van der Waals surface area contributed by atoms with Crippen molar-refractivity contribution >= 4 is 5.96 Å². The van der Waals surface area contributed by atoms with E-state index in [0.717, 1.165) is 30.4 Å². The summed E-state index contributed by atoms with van der Waals surface area (Å²) in [6, 6.07) is 8.49. The number of imidazole rings is 1. The predicted octanol–water partition coefficient (Wildman–Crippen LogP) is 3.47. The highest BCUT2D eigenvalue weighted by Gasteiger charge is 2.19. The number of aromatic nitrogens is 3. The molecule has 0 aliphatic carbocycles. The lowest BCUT2D eigenvalue weighted by Gasteiger charge is -2.13. The first-order chi connectivity index (χ1) is 13.9. The van der Waals surface area contributed by atoms with Gasteiger partial charge < -0.3 is 19.6 Å². The second-order valence-corrected chi connectivity index (χ2v) is 7.97. The van der Waals surface area contributed by atoms with Crippen LogP contribution >= 0.6 is 0 Å². The average molecular weight is 395 g/mol. The van der Waals surface area contributed by atoms with Crippen LogP contribution in [0.25, 0.3) is 0 Å². The summed E-state index contributed by atoms with van der Waals surface area (Å²) < 4.78 is 7.88. The van der Waals surface area contributed by atoms with E-state index < -0.39 is 0 Å². The minimum Gasteiger partial charge on any atom is -0.443 e. The van der Waals surface area contributed by atoms with Crippen molar-refractivity contribution in [3.8, 4) is 0 Å². The predicted molar refractivity (Wildman–Crippen MR) is 115 cm³/mol. The molecule has 1 aromatic carbocycles. The van der Waals surface area contributed by atoms with E-state index in [1.807, 2.05) is 24.0 Å². The van der Waals surface area contributed by atoms with Crippen molar-refractivity contribution in [3.63, 3.8) is 0 Å². The zero-order valence-corrected chi connectivity index (χ0v) is 17.6. The van der Waals surface area contributed by atoms with Crippen LogP contribution in [0.15, 0.2) is 58.6 Å². The number of hydrogen-bond donors (Lipinski definition) is 2. The normalized spacial score (nSPS) is 12.2. The molecule has 0 unspecified atom stereocenters. The van der Waals surface area contributed by atoms with Crippen LogP contribution in [0.2, 0.25) is 0 Å². The van der Waals surface area contributed by atoms with Gasteiger partial charge in [0.25, 0.3) is 0 Å². The van der Waals surface area contributed by atoms with Crippen LogP contribution in [-0.4, -0.2) is 27.0 Å². The molecule has 0 fully saturated rings. The molecule has 0 amide bonds. The van der Waals surface area contributed by atoms with Gasteiger partial charge in [0.15, 0.2) is 5.96 Å². The van der Waals surface area contributed by atoms with E-state index in [2.05, 4.69) is 70.6 Å². The molecule has 29 heavy (non-hydrogen) atoms. The number of nitrogens with zero attached hydrogens (tertiary/aromatic N) is 4. The van der Waals surface area contributed by atoms with Crippen LogP contribution in [0.1, 0.15) is 50.5 Å². The van der Waals surface area contributed by atoms with Gasteiger partial charge in [-0.15, -0.1) is 0 Å². The lowest BCUT2D eigenvalue weighted by molar-refractivity contribution is 0.379. The van der Waals surface area contributed by atoms with E-state index in [-0.39, 0.29) is 5.41 Å². The molecular weight excluding hydrogens is 364 g/mol. The Hall–Kier alpha value is -3.09. The summed E-state index contributed by atoms with van der Waals surface area (Å²) in [5.74, 6) is 2.28. The molecule has 154 valence electrons. The lowest BCUT2D eigenvalue weighted by Crippen LogP contribution is -2.36. The Labute approximate surface area is 172 Å². The van der Waals surface area contributed by atoms with Gasteiger partial charge in [-0.2, -0.15) is 0 Å². The SMILES string of the molecule is CCNC(=NCc1ccc(Cn2ccnc2)cc1)NCc1ncc(C(C)(C)C)o1. The fraction of sp³-hybridized carbons (Fsp3) is 0.409. The minimum absolute atomic E-state index is 0.0478. The Morgan fingerprint density at radius 1 is 1.14 bits per heavy atom. The standard InChI is InChI=1S/C22H30N6O/c1-5-24-21(27-14-20-25-13-19(29-20)22(2,3)4)26-12-17-6-8-18(9-7-17)15-28-11-10-23-16-28/h6-11,13,16H,5,12,14-15H2,1-4H3,(H2,24,26,27). The third-order valence-corrected chi connectivity index (χ3v) is 4.41. The first-order valence-electron chi connectivity index (χ1n) is 9.95. The molecule has 2 heterocycles. The highest BCUT2D eigenvalue weighted by atomic mass is 16.4. The van der Waals surface area contributed by atoms with E-state index in [1.165, 1.54) is 5.56 Å². The quantitative estimate of drug-likeness (QED) is 0.474. The molecule has 2 N–H and O–H groups in total. The molecule has 2 aromatic heterocycles. The van der Waals surface area contributed by atoms with Crippen LogP contribution in [0, 0.1) is 0 Å². The Morgan fingerprint density at radius 3 is 2.52 bits per heavy atom. The molecule has 0 aliphatic rings. The highest BCUT2D eigenvalue weighted by Crippen LogP contribution is 2.22. The molecule has 0 saturated carbocycles. The van der Waals surface area contributed by atoms with Crippen LogP contribution in [0.4, 0.5) is 0 Å². The monoisotopic (exact) mass is 394 g/mol. The maximum absolute atomic E-state index is 5.83. The maximum atomic E-state index is 5.83. The van der Waals surface area contributed by atoms with Gasteiger partial charge in [0.05, 0.1) is 25.6 Å². The van der Waals surface area contributed by atoms with Crippen molar-refractivity contribution < 1.29 is 4.42 Å². The van der Waals surface area contributed by atoms with E-state index in [4.69, 9.17) is 4.42 Å². The largest absolute Gasteiger partial charge is 0.443 e. The third-order valence-electron chi connectivity index (χ3n) is 4.41. The van der Waals surface area contributed by atoms with Crippen LogP contribution in [0.5, 0.6) is 0 Å². The van der Waals surface area contributed by atoms with Crippen LogP contribution < -0.4 is 10.6 Å². The summed E-state index contributed by atoms with van der Waals surface area (Å²) >= 11 is 0. The van der Waals surface area contributed by atoms with Gasteiger partial charge in [0.1, 0.15) is 5.76 Å². The molecule has 0 bridgehead atoms. The third kappa shape index (κ3) is 6.20. The Bertz CT molecular complexity index is 904. The fourth-order valence-corrected chi connectivity index (χ4v) is 2.75. The van der Waals surface area contributed by atoms with Gasteiger partial charge in [0.2, 0.25) is 5.89 Å². The van der Waals surface area contributed by atoms with Gasteiger partial charge in [0, 0.05) is 30.9 Å². The summed E-state index contributed by atoms with van der Waals surface area (Å²) in [6.07, 6.45) is 7.38. The van der Waals surface area contributed by atoms with Gasteiger partial charge in [-0.25, -0.2) is 15.0 Å². The summed E-state index contributed by atoms with van der Waals surface area (Å²) in [4.78, 5) is 13.1. The Balaban J connectivity index is 1.56. The van der Waals surface area contributed by atoms with E-state index in [0.29, 0.717) is 19.0 Å². The van der Waals surface area contributed by atoms with Gasteiger partial charge in [-0.3, -0.25) is 0 Å². The molecule has 0 aliphatic heterocycles. The summed E-state index contributed by atoms with van der Waals surface area (Å²) in [5.41, 5.74) is 2.34. The van der Waals surface area contributed by atoms with Crippen molar-refractivity contribution in [2.45, 2.75) is 52.7 Å². The number of oxazole rings is 1. The second kappa shape index (κ2) is 9.41. The van der Waals surface area contributed by atoms with Crippen molar-refractivity contribution in [2.24, 2.45) is 4.99 Å². The molecule has 3 aromatic rings. The van der Waals surface area contributed by atoms with Gasteiger partial charge >= 0.3 is 0 Å². The number of guanidine groups is 1. The first kappa shape index (κ1) is 20.6. The Morgan fingerprint density at radius 2 is 1.90 bits per heavy atom. The van der Waals surface area contributed by atoms with Crippen molar-refractivity contribution in [3.05, 3.63) is 72.0 Å². The summed E-state index contributed by atoms with van der Waals surface area (Å²) in [5, 5.41) is 6.55. The number of hydrogen-bond acceptors (Lipinski definition) is 4. The topological polar surface area (TPSA) is 80.3 Å². The zero-order valence-electron chi connectivity index (χ0n) is 17.6. The molecule has 0 radical (unpaired) electrons. The minimum atomic E-state index is -0.0478. The van der Waals surface area contributed by atoms with Crippen molar-refractivity contribution in [1.29, 1.82) is 0 Å². The molecule has 0 saturated heterocycles. The highest BCUT2D eigenvalue weighted by molar-refractivity contribution is 5.79. The van der Waals surface area contributed by atoms with Gasteiger partial charge in [-0.05, 0) is 18.1 Å². The Kier molecular flexibility index (Phi) is 6.69. The molecule has 3 rings (SSSR count). The van der Waals surface area contributed by atoms with Crippen molar-refractivity contribution in [1.82, 2.24) is 25.2 Å². The maximum Gasteiger partial charge on any atom is 0.213 e. The van der Waals surface area contributed by atoms with E-state index in [1.54, 1.807) is 12.4 Å². The van der Waals surface area contributed by atoms with Crippen molar-refractivity contribution in [2.75, 3.05) is 6.54 Å². The number of benzene rings is 1. The average Bonchev–Trinajstić information content (AvgIpc) is 3.37. The summed E-state index contributed by atoms with van der Waals surface area (Å²) in [6.45, 7) is 11.1. The molecule has 0 spiro atoms. The first-order valence-corrected chi connectivity index (χ1v) is 9.95. The number of aliphatic imine (C=N–C) groups is 1. The molecule has 7 nitrogen and oxygen atoms in total. The van der Waals surface area contributed by atoms with Crippen LogP contribution in [0.3, 0.4) is 0 Å². The lowest BCUT2D eigenvalue weighted by atomic mass is 9.94. The van der Waals surface area contributed by atoms with Crippen LogP contribution in [-0.2, 0) is 25.0 Å². The molecular formula is C22H30N6O. The zero-order chi connectivity index (χ0) is 20.7. The fourth-order valence-electron chi connectivity index (χ4n) is 2.75. The second-order valence-electron chi connectivity index (χ2n) is 7.97. The smallest absolute Gasteiger partial charge is 0.213 e. The number of nitrogens with one attached hydrogen (secondary N) is 2. The molecule has 7 heteroatoms. The summed E-state index contributed by atoms with van der Waals surface area (Å²) in [7, 11) is 0. The van der Waals surface area contributed by atoms with E-state index in [9.17, 15) is 0 Å². The van der Waals surface area contributed by atoms with E-state index >= 15 is 0 Å².